The molecule has 3 aromatic rings. The molecule has 0 saturated heterocycles. The average Bonchev–Trinajstić information content (AvgIpc) is 3.12. The Bertz CT molecular complexity index is 933. The maximum absolute atomic E-state index is 12.6. The van der Waals surface area contributed by atoms with Crippen LogP contribution >= 0.6 is 11.3 Å². The Hall–Kier alpha value is -3.12. The molecule has 0 radical (unpaired) electrons. The molecule has 3 rings (SSSR count). The molecule has 0 aliphatic heterocycles. The number of benzene rings is 2. The summed E-state index contributed by atoms with van der Waals surface area (Å²) in [6, 6.07) is 18.2. The van der Waals surface area contributed by atoms with Gasteiger partial charge in [0.05, 0.1) is 19.3 Å². The summed E-state index contributed by atoms with van der Waals surface area (Å²) in [5.41, 5.74) is 1.78. The zero-order chi connectivity index (χ0) is 19.2. The molecule has 1 aromatic heterocycles. The number of rotatable bonds is 6. The summed E-state index contributed by atoms with van der Waals surface area (Å²) < 4.78 is 10.2. The standard InChI is InChI=1S/C21H19NO4S/c1-3-26-16-11-9-15(10-12-16)19(23)22-20-17(21(24)25-2)13-18(27-20)14-7-5-4-6-8-14/h4-13H,3H2,1-2H3,(H,22,23). The first-order chi connectivity index (χ1) is 13.1. The van der Waals surface area contributed by atoms with Gasteiger partial charge in [-0.15, -0.1) is 11.3 Å². The highest BCUT2D eigenvalue weighted by atomic mass is 32.1. The van der Waals surface area contributed by atoms with Gasteiger partial charge < -0.3 is 14.8 Å². The van der Waals surface area contributed by atoms with Crippen LogP contribution in [0, 0.1) is 0 Å². The molecule has 27 heavy (non-hydrogen) atoms. The van der Waals surface area contributed by atoms with E-state index < -0.39 is 5.97 Å². The van der Waals surface area contributed by atoms with Crippen molar-refractivity contribution < 1.29 is 19.1 Å². The first-order valence-corrected chi connectivity index (χ1v) is 9.25. The number of methoxy groups -OCH3 is 1. The third-order valence-electron chi connectivity index (χ3n) is 3.85. The average molecular weight is 381 g/mol. The van der Waals surface area contributed by atoms with Gasteiger partial charge >= 0.3 is 5.97 Å². The number of hydrogen-bond acceptors (Lipinski definition) is 5. The summed E-state index contributed by atoms with van der Waals surface area (Å²) in [5, 5.41) is 3.28. The number of nitrogens with one attached hydrogen (secondary N) is 1. The van der Waals surface area contributed by atoms with Crippen LogP contribution in [0.2, 0.25) is 0 Å². The van der Waals surface area contributed by atoms with Gasteiger partial charge in [-0.2, -0.15) is 0 Å². The van der Waals surface area contributed by atoms with Gasteiger partial charge in [0, 0.05) is 10.4 Å². The largest absolute Gasteiger partial charge is 0.494 e. The van der Waals surface area contributed by atoms with Crippen LogP contribution in [0.15, 0.2) is 60.7 Å². The first-order valence-electron chi connectivity index (χ1n) is 8.44. The van der Waals surface area contributed by atoms with Crippen LogP contribution in [0.1, 0.15) is 27.6 Å². The van der Waals surface area contributed by atoms with Crippen LogP contribution in [0.4, 0.5) is 5.00 Å². The Morgan fingerprint density at radius 3 is 2.37 bits per heavy atom. The second kappa shape index (κ2) is 8.51. The van der Waals surface area contributed by atoms with E-state index in [4.69, 9.17) is 9.47 Å². The molecular weight excluding hydrogens is 362 g/mol. The van der Waals surface area contributed by atoms with Crippen molar-refractivity contribution in [3.05, 3.63) is 71.8 Å². The molecule has 1 N–H and O–H groups in total. The van der Waals surface area contributed by atoms with Gasteiger partial charge in [0.15, 0.2) is 0 Å². The lowest BCUT2D eigenvalue weighted by Gasteiger charge is -2.07. The number of carbonyl (C=O) groups is 2. The Morgan fingerprint density at radius 2 is 1.74 bits per heavy atom. The number of amides is 1. The van der Waals surface area contributed by atoms with Crippen LogP contribution < -0.4 is 10.1 Å². The second-order valence-corrected chi connectivity index (χ2v) is 6.67. The maximum atomic E-state index is 12.6. The summed E-state index contributed by atoms with van der Waals surface area (Å²) in [5.74, 6) is -0.0909. The zero-order valence-electron chi connectivity index (χ0n) is 15.0. The van der Waals surface area contributed by atoms with Gasteiger partial charge in [-0.3, -0.25) is 4.79 Å². The number of hydrogen-bond donors (Lipinski definition) is 1. The van der Waals surface area contributed by atoms with E-state index in [-0.39, 0.29) is 5.91 Å². The molecule has 6 heteroatoms. The van der Waals surface area contributed by atoms with Crippen LogP contribution in [0.25, 0.3) is 10.4 Å². The molecule has 0 unspecified atom stereocenters. The molecule has 0 fully saturated rings. The normalized spacial score (nSPS) is 10.3. The van der Waals surface area contributed by atoms with Crippen molar-refractivity contribution in [2.45, 2.75) is 6.92 Å². The molecule has 0 saturated carbocycles. The molecule has 5 nitrogen and oxygen atoms in total. The number of esters is 1. The SMILES string of the molecule is CCOc1ccc(C(=O)Nc2sc(-c3ccccc3)cc2C(=O)OC)cc1. The fourth-order valence-corrected chi connectivity index (χ4v) is 3.58. The van der Waals surface area contributed by atoms with Crippen LogP contribution in [0.3, 0.4) is 0 Å². The Kier molecular flexibility index (Phi) is 5.88. The summed E-state index contributed by atoms with van der Waals surface area (Å²) in [6.07, 6.45) is 0. The maximum Gasteiger partial charge on any atom is 0.340 e. The van der Waals surface area contributed by atoms with E-state index in [0.29, 0.717) is 28.5 Å². The van der Waals surface area contributed by atoms with Crippen molar-refractivity contribution in [3.63, 3.8) is 0 Å². The highest BCUT2D eigenvalue weighted by Crippen LogP contribution is 2.36. The number of ether oxygens (including phenoxy) is 2. The van der Waals surface area contributed by atoms with Gasteiger partial charge in [0.2, 0.25) is 0 Å². The van der Waals surface area contributed by atoms with Crippen molar-refractivity contribution in [1.29, 1.82) is 0 Å². The summed E-state index contributed by atoms with van der Waals surface area (Å²) in [4.78, 5) is 25.6. The monoisotopic (exact) mass is 381 g/mol. The van der Waals surface area contributed by atoms with Crippen molar-refractivity contribution >= 4 is 28.2 Å². The van der Waals surface area contributed by atoms with E-state index in [0.717, 1.165) is 10.4 Å². The van der Waals surface area contributed by atoms with Gasteiger partial charge in [-0.05, 0) is 42.8 Å². The lowest BCUT2D eigenvalue weighted by Crippen LogP contribution is -2.13. The lowest BCUT2D eigenvalue weighted by molar-refractivity contribution is 0.0602. The van der Waals surface area contributed by atoms with E-state index in [1.54, 1.807) is 30.3 Å². The van der Waals surface area contributed by atoms with E-state index in [9.17, 15) is 9.59 Å². The van der Waals surface area contributed by atoms with E-state index in [2.05, 4.69) is 5.32 Å². The minimum Gasteiger partial charge on any atom is -0.494 e. The highest BCUT2D eigenvalue weighted by Gasteiger charge is 2.20. The minimum atomic E-state index is -0.490. The Balaban J connectivity index is 1.87. The van der Waals surface area contributed by atoms with Crippen molar-refractivity contribution in [2.24, 2.45) is 0 Å². The molecule has 2 aromatic carbocycles. The highest BCUT2D eigenvalue weighted by molar-refractivity contribution is 7.20. The third-order valence-corrected chi connectivity index (χ3v) is 4.95. The summed E-state index contributed by atoms with van der Waals surface area (Å²) >= 11 is 1.33. The van der Waals surface area contributed by atoms with Gasteiger partial charge in [0.1, 0.15) is 10.8 Å². The van der Waals surface area contributed by atoms with Crippen LogP contribution in [0.5, 0.6) is 5.75 Å². The molecule has 0 spiro atoms. The van der Waals surface area contributed by atoms with Crippen LogP contribution in [-0.2, 0) is 4.74 Å². The Labute approximate surface area is 161 Å². The second-order valence-electron chi connectivity index (χ2n) is 5.62. The van der Waals surface area contributed by atoms with E-state index in [1.807, 2.05) is 37.3 Å². The molecule has 0 atom stereocenters. The van der Waals surface area contributed by atoms with Gasteiger partial charge in [-0.1, -0.05) is 30.3 Å². The molecule has 1 amide bonds. The van der Waals surface area contributed by atoms with Crippen molar-refractivity contribution in [3.8, 4) is 16.2 Å². The fourth-order valence-electron chi connectivity index (χ4n) is 2.53. The fraction of sp³-hybridized carbons (Fsp3) is 0.143. The summed E-state index contributed by atoms with van der Waals surface area (Å²) in [7, 11) is 1.32. The topological polar surface area (TPSA) is 64.6 Å². The molecule has 0 aliphatic rings. The number of thiophene rings is 1. The smallest absolute Gasteiger partial charge is 0.340 e. The lowest BCUT2D eigenvalue weighted by atomic mass is 10.1. The van der Waals surface area contributed by atoms with Crippen LogP contribution in [-0.4, -0.2) is 25.6 Å². The van der Waals surface area contributed by atoms with Crippen molar-refractivity contribution in [2.75, 3.05) is 19.0 Å². The zero-order valence-corrected chi connectivity index (χ0v) is 15.8. The van der Waals surface area contributed by atoms with Gasteiger partial charge in [-0.25, -0.2) is 4.79 Å². The molecule has 0 bridgehead atoms. The number of anilines is 1. The summed E-state index contributed by atoms with van der Waals surface area (Å²) in [6.45, 7) is 2.46. The molecule has 1 heterocycles. The predicted molar refractivity (Wildman–Crippen MR) is 107 cm³/mol. The van der Waals surface area contributed by atoms with E-state index in [1.165, 1.54) is 18.4 Å². The third kappa shape index (κ3) is 4.35. The molecular formula is C21H19NO4S. The van der Waals surface area contributed by atoms with Crippen molar-refractivity contribution in [1.82, 2.24) is 0 Å². The predicted octanol–water partition coefficient (Wildman–Crippen LogP) is 4.85. The minimum absolute atomic E-state index is 0.301. The van der Waals surface area contributed by atoms with E-state index >= 15 is 0 Å². The van der Waals surface area contributed by atoms with Gasteiger partial charge in [0.25, 0.3) is 5.91 Å². The quantitative estimate of drug-likeness (QED) is 0.620. The number of carbonyl (C=O) groups excluding carboxylic acids is 2. The first kappa shape index (κ1) is 18.7. The Morgan fingerprint density at radius 1 is 1.04 bits per heavy atom. The molecule has 0 aliphatic carbocycles. The molecule has 138 valence electrons.